The molecule has 0 aliphatic rings. The number of nitrogens with zero attached hydrogens (tertiary/aromatic N) is 1. The van der Waals surface area contributed by atoms with Gasteiger partial charge in [0, 0.05) is 11.6 Å². The average Bonchev–Trinajstić information content (AvgIpc) is 2.28. The third kappa shape index (κ3) is 3.18. The summed E-state index contributed by atoms with van der Waals surface area (Å²) in [6.45, 7) is -0.933. The van der Waals surface area contributed by atoms with E-state index in [9.17, 15) is 19.6 Å². The van der Waals surface area contributed by atoms with Gasteiger partial charge >= 0.3 is 0 Å². The molecule has 6 nitrogen and oxygen atoms in total. The zero-order valence-electron chi connectivity index (χ0n) is 8.92. The number of phenolic OH excluding ortho intramolecular Hbond substituents is 1. The summed E-state index contributed by atoms with van der Waals surface area (Å²) in [7, 11) is 1.24. The van der Waals surface area contributed by atoms with Gasteiger partial charge in [-0.3, -0.25) is 10.1 Å². The molecule has 0 amide bonds. The number of aromatic hydroxyl groups is 1. The van der Waals surface area contributed by atoms with Gasteiger partial charge in [0.15, 0.2) is 11.5 Å². The van der Waals surface area contributed by atoms with E-state index in [-0.39, 0.29) is 35.2 Å². The maximum Gasteiger partial charge on any atom is 0.273 e. The second kappa shape index (κ2) is 6.21. The molecule has 8 heteroatoms. The lowest BCUT2D eigenvalue weighted by molar-refractivity contribution is -0.385. The summed E-state index contributed by atoms with van der Waals surface area (Å²) >= 11 is 0. The molecule has 96 valence electrons. The van der Waals surface area contributed by atoms with Crippen LogP contribution in [0.5, 0.6) is 11.5 Å². The number of benzene rings is 1. The molecule has 1 atom stereocenters. The SMILES string of the molecule is COc1cc([N+](=O)[O-])cc([C@@H](N)CF)c1O.Cl. The van der Waals surface area contributed by atoms with Gasteiger partial charge in [0.05, 0.1) is 24.1 Å². The van der Waals surface area contributed by atoms with Gasteiger partial charge in [0.1, 0.15) is 6.67 Å². The number of nitro benzene ring substituents is 1. The molecule has 0 spiro atoms. The average molecular weight is 267 g/mol. The summed E-state index contributed by atoms with van der Waals surface area (Å²) in [5.41, 5.74) is 5.02. The number of alkyl halides is 1. The van der Waals surface area contributed by atoms with Gasteiger partial charge in [0.25, 0.3) is 5.69 Å². The van der Waals surface area contributed by atoms with Crippen LogP contribution in [0.1, 0.15) is 11.6 Å². The lowest BCUT2D eigenvalue weighted by atomic mass is 10.1. The van der Waals surface area contributed by atoms with Crippen molar-refractivity contribution in [2.45, 2.75) is 6.04 Å². The fourth-order valence-electron chi connectivity index (χ4n) is 1.24. The molecular weight excluding hydrogens is 255 g/mol. The number of methoxy groups -OCH3 is 1. The first-order chi connectivity index (χ1) is 7.51. The van der Waals surface area contributed by atoms with Crippen LogP contribution in [-0.4, -0.2) is 23.8 Å². The molecule has 0 radical (unpaired) electrons. The second-order valence-electron chi connectivity index (χ2n) is 3.10. The molecule has 0 saturated carbocycles. The summed E-state index contributed by atoms with van der Waals surface area (Å²) in [5, 5.41) is 20.2. The third-order valence-electron chi connectivity index (χ3n) is 2.09. The summed E-state index contributed by atoms with van der Waals surface area (Å²) in [6.07, 6.45) is 0. The Hall–Kier alpha value is -1.60. The van der Waals surface area contributed by atoms with Crippen molar-refractivity contribution in [3.05, 3.63) is 27.8 Å². The molecule has 1 aromatic rings. The number of ether oxygens (including phenoxy) is 1. The molecule has 0 aromatic heterocycles. The number of non-ortho nitro benzene ring substituents is 1. The van der Waals surface area contributed by atoms with E-state index in [1.165, 1.54) is 7.11 Å². The largest absolute Gasteiger partial charge is 0.504 e. The second-order valence-corrected chi connectivity index (χ2v) is 3.10. The summed E-state index contributed by atoms with van der Waals surface area (Å²) in [5.74, 6) is -0.480. The molecule has 0 bridgehead atoms. The number of hydrogen-bond acceptors (Lipinski definition) is 5. The van der Waals surface area contributed by atoms with Crippen LogP contribution in [-0.2, 0) is 0 Å². The molecule has 17 heavy (non-hydrogen) atoms. The zero-order chi connectivity index (χ0) is 12.3. The van der Waals surface area contributed by atoms with Crippen molar-refractivity contribution < 1.29 is 19.2 Å². The van der Waals surface area contributed by atoms with Crippen molar-refractivity contribution in [3.63, 3.8) is 0 Å². The molecule has 0 aliphatic carbocycles. The zero-order valence-corrected chi connectivity index (χ0v) is 9.74. The van der Waals surface area contributed by atoms with Gasteiger partial charge in [-0.15, -0.1) is 12.4 Å². The Kier molecular flexibility index (Phi) is 5.63. The van der Waals surface area contributed by atoms with Gasteiger partial charge < -0.3 is 15.6 Å². The van der Waals surface area contributed by atoms with E-state index in [2.05, 4.69) is 0 Å². The molecule has 3 N–H and O–H groups in total. The fourth-order valence-corrected chi connectivity index (χ4v) is 1.24. The number of hydrogen-bond donors (Lipinski definition) is 2. The summed E-state index contributed by atoms with van der Waals surface area (Å²) in [6, 6.07) is 0.958. The minimum Gasteiger partial charge on any atom is -0.504 e. The first kappa shape index (κ1) is 15.4. The Morgan fingerprint density at radius 2 is 2.24 bits per heavy atom. The Morgan fingerprint density at radius 1 is 1.65 bits per heavy atom. The minimum atomic E-state index is -1.12. The predicted octanol–water partition coefficient (Wildman–Crippen LogP) is 1.70. The van der Waals surface area contributed by atoms with Crippen LogP contribution in [0.3, 0.4) is 0 Å². The number of nitrogens with two attached hydrogens (primary N) is 1. The Balaban J connectivity index is 0.00000256. The van der Waals surface area contributed by atoms with Gasteiger partial charge in [0.2, 0.25) is 0 Å². The highest BCUT2D eigenvalue weighted by atomic mass is 35.5. The van der Waals surface area contributed by atoms with Gasteiger partial charge in [-0.05, 0) is 0 Å². The Morgan fingerprint density at radius 3 is 2.65 bits per heavy atom. The van der Waals surface area contributed by atoms with Gasteiger partial charge in [-0.2, -0.15) is 0 Å². The lowest BCUT2D eigenvalue weighted by Gasteiger charge is -2.12. The molecule has 1 aromatic carbocycles. The van der Waals surface area contributed by atoms with E-state index in [0.717, 1.165) is 12.1 Å². The van der Waals surface area contributed by atoms with Crippen LogP contribution in [0, 0.1) is 10.1 Å². The fraction of sp³-hybridized carbons (Fsp3) is 0.333. The van der Waals surface area contributed by atoms with Crippen LogP contribution in [0.15, 0.2) is 12.1 Å². The maximum atomic E-state index is 12.4. The molecule has 1 rings (SSSR count). The molecule has 0 aliphatic heterocycles. The number of nitro groups is 1. The normalized spacial score (nSPS) is 11.5. The molecule has 0 unspecified atom stereocenters. The van der Waals surface area contributed by atoms with Crippen LogP contribution in [0.4, 0.5) is 10.1 Å². The van der Waals surface area contributed by atoms with Crippen molar-refractivity contribution >= 4 is 18.1 Å². The van der Waals surface area contributed by atoms with Crippen LogP contribution < -0.4 is 10.5 Å². The highest BCUT2D eigenvalue weighted by Gasteiger charge is 2.20. The first-order valence-electron chi connectivity index (χ1n) is 4.38. The van der Waals surface area contributed by atoms with Crippen molar-refractivity contribution in [1.29, 1.82) is 0 Å². The predicted molar refractivity (Wildman–Crippen MR) is 61.5 cm³/mol. The Bertz CT molecular complexity index is 416. The highest BCUT2D eigenvalue weighted by molar-refractivity contribution is 5.85. The number of rotatable bonds is 4. The van der Waals surface area contributed by atoms with E-state index < -0.39 is 17.6 Å². The first-order valence-corrected chi connectivity index (χ1v) is 4.38. The third-order valence-corrected chi connectivity index (χ3v) is 2.09. The van der Waals surface area contributed by atoms with Crippen molar-refractivity contribution in [3.8, 4) is 11.5 Å². The standard InChI is InChI=1S/C9H11FN2O4.ClH/c1-16-8-3-5(12(14)15)2-6(9(8)13)7(11)4-10;/h2-3,7,13H,4,11H2,1H3;1H/t7-;/m0./s1. The monoisotopic (exact) mass is 266 g/mol. The van der Waals surface area contributed by atoms with E-state index in [4.69, 9.17) is 10.5 Å². The van der Waals surface area contributed by atoms with Crippen molar-refractivity contribution in [1.82, 2.24) is 0 Å². The van der Waals surface area contributed by atoms with Crippen molar-refractivity contribution in [2.24, 2.45) is 5.73 Å². The van der Waals surface area contributed by atoms with Crippen LogP contribution in [0.25, 0.3) is 0 Å². The van der Waals surface area contributed by atoms with Crippen molar-refractivity contribution in [2.75, 3.05) is 13.8 Å². The summed E-state index contributed by atoms with van der Waals surface area (Å²) < 4.78 is 17.1. The van der Waals surface area contributed by atoms with E-state index in [1.807, 2.05) is 0 Å². The quantitative estimate of drug-likeness (QED) is 0.638. The van der Waals surface area contributed by atoms with Crippen LogP contribution >= 0.6 is 12.4 Å². The van der Waals surface area contributed by atoms with E-state index in [0.29, 0.717) is 0 Å². The smallest absolute Gasteiger partial charge is 0.273 e. The molecule has 0 fully saturated rings. The molecule has 0 saturated heterocycles. The Labute approximate surface area is 103 Å². The lowest BCUT2D eigenvalue weighted by Crippen LogP contribution is -2.13. The van der Waals surface area contributed by atoms with E-state index >= 15 is 0 Å². The minimum absolute atomic E-state index is 0. The molecule has 0 heterocycles. The highest BCUT2D eigenvalue weighted by Crippen LogP contribution is 2.37. The van der Waals surface area contributed by atoms with Gasteiger partial charge in [-0.25, -0.2) is 4.39 Å². The molecular formula is C9H12ClFN2O4. The van der Waals surface area contributed by atoms with Gasteiger partial charge in [-0.1, -0.05) is 0 Å². The topological polar surface area (TPSA) is 98.6 Å². The van der Waals surface area contributed by atoms with Crippen LogP contribution in [0.2, 0.25) is 0 Å². The summed E-state index contributed by atoms with van der Waals surface area (Å²) in [4.78, 5) is 9.91. The number of phenols is 1. The number of halogens is 2. The van der Waals surface area contributed by atoms with E-state index in [1.54, 1.807) is 0 Å². The maximum absolute atomic E-state index is 12.4.